The summed E-state index contributed by atoms with van der Waals surface area (Å²) in [7, 11) is 3.65. The Balaban J connectivity index is 2.95. The van der Waals surface area contributed by atoms with Crippen molar-refractivity contribution in [3.05, 3.63) is 44.0 Å². The van der Waals surface area contributed by atoms with Crippen LogP contribution in [0.1, 0.15) is 10.4 Å². The fourth-order valence-corrected chi connectivity index (χ4v) is 1.43. The van der Waals surface area contributed by atoms with Crippen molar-refractivity contribution in [1.82, 2.24) is 10.2 Å². The third-order valence-corrected chi connectivity index (χ3v) is 2.43. The summed E-state index contributed by atoms with van der Waals surface area (Å²) in [5.74, 6) is -0.585. The first-order valence-electron chi connectivity index (χ1n) is 5.68. The van der Waals surface area contributed by atoms with E-state index in [0.29, 0.717) is 13.1 Å². The highest BCUT2D eigenvalue weighted by molar-refractivity contribution is 5.95. The van der Waals surface area contributed by atoms with Gasteiger partial charge < -0.3 is 10.2 Å². The number of nitrogens with zero attached hydrogens (tertiary/aromatic N) is 3. The van der Waals surface area contributed by atoms with Crippen LogP contribution >= 0.6 is 0 Å². The van der Waals surface area contributed by atoms with E-state index in [1.165, 1.54) is 0 Å². The number of likely N-dealkylation sites (N-methyl/N-ethyl adjacent to an activating group) is 1. The molecule has 0 radical (unpaired) electrons. The van der Waals surface area contributed by atoms with Crippen LogP contribution in [0, 0.1) is 20.2 Å². The number of nitro groups is 2. The zero-order chi connectivity index (χ0) is 15.3. The Hall–Kier alpha value is -2.55. The second-order valence-corrected chi connectivity index (χ2v) is 4.31. The third kappa shape index (κ3) is 4.28. The standard InChI is InChI=1S/C11H14N4O5/c1-13(2)4-3-12-11(16)8-5-9(14(17)18)7-10(6-8)15(19)20/h5-7H,3-4H2,1-2H3,(H,12,16). The van der Waals surface area contributed by atoms with Gasteiger partial charge in [0, 0.05) is 25.2 Å². The highest BCUT2D eigenvalue weighted by Gasteiger charge is 2.19. The number of non-ortho nitro benzene ring substituents is 2. The van der Waals surface area contributed by atoms with E-state index in [-0.39, 0.29) is 5.56 Å². The lowest BCUT2D eigenvalue weighted by molar-refractivity contribution is -0.394. The van der Waals surface area contributed by atoms with Gasteiger partial charge in [-0.05, 0) is 14.1 Å². The van der Waals surface area contributed by atoms with Crippen molar-refractivity contribution >= 4 is 17.3 Å². The predicted molar refractivity (Wildman–Crippen MR) is 70.6 cm³/mol. The van der Waals surface area contributed by atoms with Crippen LogP contribution in [0.3, 0.4) is 0 Å². The van der Waals surface area contributed by atoms with Gasteiger partial charge in [-0.25, -0.2) is 0 Å². The number of amides is 1. The Morgan fingerprint density at radius 1 is 1.15 bits per heavy atom. The van der Waals surface area contributed by atoms with Crippen LogP contribution in [0.4, 0.5) is 11.4 Å². The molecule has 0 aliphatic heterocycles. The molecule has 0 saturated carbocycles. The maximum absolute atomic E-state index is 11.8. The van der Waals surface area contributed by atoms with E-state index in [1.54, 1.807) is 0 Å². The SMILES string of the molecule is CN(C)CCNC(=O)c1cc([N+](=O)[O-])cc([N+](=O)[O-])c1. The normalized spacial score (nSPS) is 10.3. The van der Waals surface area contributed by atoms with Crippen molar-refractivity contribution in [2.75, 3.05) is 27.2 Å². The first-order valence-corrected chi connectivity index (χ1v) is 5.68. The van der Waals surface area contributed by atoms with Crippen LogP contribution in [0.15, 0.2) is 18.2 Å². The van der Waals surface area contributed by atoms with Gasteiger partial charge in [-0.15, -0.1) is 0 Å². The summed E-state index contributed by atoms with van der Waals surface area (Å²) in [6, 6.07) is 2.84. The van der Waals surface area contributed by atoms with Crippen LogP contribution in [0.5, 0.6) is 0 Å². The summed E-state index contributed by atoms with van der Waals surface area (Å²) in [5.41, 5.74) is -1.08. The smallest absolute Gasteiger partial charge is 0.277 e. The monoisotopic (exact) mass is 282 g/mol. The number of carbonyl (C=O) groups excluding carboxylic acids is 1. The van der Waals surface area contributed by atoms with Crippen molar-refractivity contribution in [2.24, 2.45) is 0 Å². The zero-order valence-corrected chi connectivity index (χ0v) is 11.0. The van der Waals surface area contributed by atoms with Gasteiger partial charge in [0.05, 0.1) is 21.5 Å². The minimum absolute atomic E-state index is 0.107. The van der Waals surface area contributed by atoms with Crippen molar-refractivity contribution in [2.45, 2.75) is 0 Å². The van der Waals surface area contributed by atoms with E-state index < -0.39 is 27.1 Å². The molecule has 0 aliphatic carbocycles. The maximum atomic E-state index is 11.8. The quantitative estimate of drug-likeness (QED) is 0.608. The summed E-state index contributed by atoms with van der Waals surface area (Å²) in [5, 5.41) is 23.9. The van der Waals surface area contributed by atoms with Crippen molar-refractivity contribution < 1.29 is 14.6 Å². The fourth-order valence-electron chi connectivity index (χ4n) is 1.43. The molecule has 1 N–H and O–H groups in total. The molecule has 0 atom stereocenters. The van der Waals surface area contributed by atoms with Gasteiger partial charge in [0.2, 0.25) is 0 Å². The average molecular weight is 282 g/mol. The van der Waals surface area contributed by atoms with E-state index in [4.69, 9.17) is 0 Å². The molecule has 0 bridgehead atoms. The Bertz CT molecular complexity index is 511. The van der Waals surface area contributed by atoms with Crippen LogP contribution in [-0.2, 0) is 0 Å². The van der Waals surface area contributed by atoms with E-state index in [9.17, 15) is 25.0 Å². The Kier molecular flexibility index (Phi) is 5.09. The number of carbonyl (C=O) groups is 1. The van der Waals surface area contributed by atoms with Crippen LogP contribution < -0.4 is 5.32 Å². The summed E-state index contributed by atoms with van der Waals surface area (Å²) in [6.45, 7) is 0.922. The molecule has 0 aliphatic rings. The average Bonchev–Trinajstić information content (AvgIpc) is 2.37. The number of hydrogen-bond acceptors (Lipinski definition) is 6. The van der Waals surface area contributed by atoms with E-state index in [0.717, 1.165) is 18.2 Å². The van der Waals surface area contributed by atoms with Gasteiger partial charge in [0.15, 0.2) is 0 Å². The lowest BCUT2D eigenvalue weighted by atomic mass is 10.1. The van der Waals surface area contributed by atoms with Gasteiger partial charge in [-0.2, -0.15) is 0 Å². The van der Waals surface area contributed by atoms with Gasteiger partial charge in [0.1, 0.15) is 0 Å². The van der Waals surface area contributed by atoms with E-state index in [2.05, 4.69) is 5.32 Å². The molecule has 20 heavy (non-hydrogen) atoms. The molecule has 1 rings (SSSR count). The van der Waals surface area contributed by atoms with Crippen molar-refractivity contribution in [3.8, 4) is 0 Å². The number of hydrogen-bond donors (Lipinski definition) is 1. The summed E-state index contributed by atoms with van der Waals surface area (Å²) < 4.78 is 0. The Labute approximate surface area is 114 Å². The molecule has 0 unspecified atom stereocenters. The van der Waals surface area contributed by atoms with Crippen molar-refractivity contribution in [3.63, 3.8) is 0 Å². The second-order valence-electron chi connectivity index (χ2n) is 4.31. The largest absolute Gasteiger partial charge is 0.351 e. The molecule has 0 aromatic heterocycles. The van der Waals surface area contributed by atoms with E-state index in [1.807, 2.05) is 19.0 Å². The first-order chi connectivity index (χ1) is 9.31. The zero-order valence-electron chi connectivity index (χ0n) is 11.0. The molecule has 1 amide bonds. The number of nitrogens with one attached hydrogen (secondary N) is 1. The van der Waals surface area contributed by atoms with Crippen LogP contribution in [-0.4, -0.2) is 47.8 Å². The Morgan fingerprint density at radius 3 is 2.05 bits per heavy atom. The van der Waals surface area contributed by atoms with Gasteiger partial charge in [-0.1, -0.05) is 0 Å². The molecule has 1 aromatic carbocycles. The number of benzene rings is 1. The van der Waals surface area contributed by atoms with Crippen molar-refractivity contribution in [1.29, 1.82) is 0 Å². The molecular formula is C11H14N4O5. The third-order valence-electron chi connectivity index (χ3n) is 2.43. The lowest BCUT2D eigenvalue weighted by Gasteiger charge is -2.10. The molecule has 9 nitrogen and oxygen atoms in total. The van der Waals surface area contributed by atoms with Gasteiger partial charge in [-0.3, -0.25) is 25.0 Å². The maximum Gasteiger partial charge on any atom is 0.277 e. The molecule has 0 heterocycles. The molecule has 1 aromatic rings. The highest BCUT2D eigenvalue weighted by Crippen LogP contribution is 2.22. The Morgan fingerprint density at radius 2 is 1.65 bits per heavy atom. The fraction of sp³-hybridized carbons (Fsp3) is 0.364. The molecule has 9 heteroatoms. The predicted octanol–water partition coefficient (Wildman–Crippen LogP) is 0.794. The van der Waals surface area contributed by atoms with Gasteiger partial charge in [0.25, 0.3) is 17.3 Å². The van der Waals surface area contributed by atoms with Crippen LogP contribution in [0.2, 0.25) is 0 Å². The van der Waals surface area contributed by atoms with E-state index >= 15 is 0 Å². The van der Waals surface area contributed by atoms with Crippen LogP contribution in [0.25, 0.3) is 0 Å². The number of nitro benzene ring substituents is 2. The molecule has 0 saturated heterocycles. The second kappa shape index (κ2) is 6.57. The first kappa shape index (κ1) is 15.5. The highest BCUT2D eigenvalue weighted by atomic mass is 16.6. The summed E-state index contributed by atoms with van der Waals surface area (Å²) >= 11 is 0. The minimum Gasteiger partial charge on any atom is -0.351 e. The van der Waals surface area contributed by atoms with Gasteiger partial charge >= 0.3 is 0 Å². The number of rotatable bonds is 6. The molecule has 108 valence electrons. The lowest BCUT2D eigenvalue weighted by Crippen LogP contribution is -2.31. The molecule has 0 spiro atoms. The summed E-state index contributed by atoms with van der Waals surface area (Å²) in [6.07, 6.45) is 0. The topological polar surface area (TPSA) is 119 Å². The minimum atomic E-state index is -0.774. The summed E-state index contributed by atoms with van der Waals surface area (Å²) in [4.78, 5) is 33.5. The molecule has 0 fully saturated rings. The molecular weight excluding hydrogens is 268 g/mol.